The third-order valence-corrected chi connectivity index (χ3v) is 10.4. The molecular formula is C13H20N2O2P2S4. The lowest BCUT2D eigenvalue weighted by Gasteiger charge is -2.08. The molecule has 0 aromatic heterocycles. The number of hydrogen-bond donors (Lipinski definition) is 2. The molecule has 2 aliphatic heterocycles. The van der Waals surface area contributed by atoms with Gasteiger partial charge in [-0.3, -0.25) is 9.59 Å². The summed E-state index contributed by atoms with van der Waals surface area (Å²) in [4.78, 5) is 23.8. The minimum atomic E-state index is 0.0231. The zero-order valence-electron chi connectivity index (χ0n) is 12.5. The summed E-state index contributed by atoms with van der Waals surface area (Å²) in [5, 5.41) is 5.74. The lowest BCUT2D eigenvalue weighted by Crippen LogP contribution is -2.20. The van der Waals surface area contributed by atoms with Crippen molar-refractivity contribution in [1.82, 2.24) is 10.6 Å². The standard InChI is InChI=1S/C13H20N2O2P2S4/c16-9(14-7-18)1-2-12-22-6-11(23-12)19-8-15-10(17)5-13-20-3-4-21-13/h2,5,11,19H,1,3-4,6-8,18H2,(H,14,16)(H,15,17)/b12-2+. The van der Waals surface area contributed by atoms with E-state index in [2.05, 4.69) is 19.9 Å². The largest absolute Gasteiger partial charge is 0.353 e. The van der Waals surface area contributed by atoms with Crippen LogP contribution in [0.25, 0.3) is 0 Å². The fraction of sp³-hybridized carbons (Fsp3) is 0.538. The minimum Gasteiger partial charge on any atom is -0.353 e. The van der Waals surface area contributed by atoms with Crippen LogP contribution in [-0.4, -0.2) is 46.6 Å². The molecule has 0 aliphatic carbocycles. The molecule has 2 aliphatic rings. The predicted molar refractivity (Wildman–Crippen MR) is 114 cm³/mol. The Bertz CT molecular complexity index is 494. The number of thioether (sulfide) groups is 4. The molecular weight excluding hydrogens is 406 g/mol. The Balaban J connectivity index is 1.62. The lowest BCUT2D eigenvalue weighted by atomic mass is 10.4. The van der Waals surface area contributed by atoms with Gasteiger partial charge in [-0.25, -0.2) is 0 Å². The number of carbonyl (C=O) groups is 2. The summed E-state index contributed by atoms with van der Waals surface area (Å²) in [5.74, 6) is 3.35. The highest BCUT2D eigenvalue weighted by molar-refractivity contribution is 8.27. The molecule has 128 valence electrons. The average Bonchev–Trinajstić information content (AvgIpc) is 3.17. The van der Waals surface area contributed by atoms with Crippen LogP contribution in [0.15, 0.2) is 20.6 Å². The molecule has 0 radical (unpaired) electrons. The van der Waals surface area contributed by atoms with Crippen molar-refractivity contribution in [3.63, 3.8) is 0 Å². The van der Waals surface area contributed by atoms with Crippen LogP contribution in [0.5, 0.6) is 0 Å². The maximum Gasteiger partial charge on any atom is 0.245 e. The highest BCUT2D eigenvalue weighted by Gasteiger charge is 2.21. The van der Waals surface area contributed by atoms with E-state index >= 15 is 0 Å². The van der Waals surface area contributed by atoms with E-state index in [1.54, 1.807) is 29.6 Å². The first-order valence-electron chi connectivity index (χ1n) is 7.12. The van der Waals surface area contributed by atoms with Gasteiger partial charge in [0.15, 0.2) is 0 Å². The van der Waals surface area contributed by atoms with Crippen molar-refractivity contribution in [2.24, 2.45) is 0 Å². The Morgan fingerprint density at radius 1 is 1.22 bits per heavy atom. The molecule has 0 saturated carbocycles. The van der Waals surface area contributed by atoms with E-state index in [1.807, 2.05) is 29.6 Å². The van der Waals surface area contributed by atoms with Gasteiger partial charge in [0.25, 0.3) is 0 Å². The third kappa shape index (κ3) is 8.06. The van der Waals surface area contributed by atoms with Gasteiger partial charge < -0.3 is 10.6 Å². The molecule has 2 saturated heterocycles. The molecule has 0 spiro atoms. The first-order chi connectivity index (χ1) is 11.2. The summed E-state index contributed by atoms with van der Waals surface area (Å²) in [6, 6.07) is 0. The molecule has 0 aromatic rings. The van der Waals surface area contributed by atoms with Crippen LogP contribution in [0.1, 0.15) is 6.42 Å². The Morgan fingerprint density at radius 3 is 2.74 bits per heavy atom. The maximum atomic E-state index is 11.8. The molecule has 2 rings (SSSR count). The Hall–Kier alpha value is 0.680. The summed E-state index contributed by atoms with van der Waals surface area (Å²) in [7, 11) is 3.18. The number of carbonyl (C=O) groups excluding carboxylic acids is 2. The number of amides is 2. The van der Waals surface area contributed by atoms with E-state index in [4.69, 9.17) is 0 Å². The summed E-state index contributed by atoms with van der Waals surface area (Å²) in [5.41, 5.74) is 0. The van der Waals surface area contributed by atoms with Crippen molar-refractivity contribution in [2.45, 2.75) is 11.4 Å². The SMILES string of the molecule is O=C(C=C1SCCS1)NCPC1CS/C(=C\CC(=O)NCP)S1. The highest BCUT2D eigenvalue weighted by Crippen LogP contribution is 2.48. The second-order valence-electron chi connectivity index (χ2n) is 4.53. The van der Waals surface area contributed by atoms with E-state index in [0.29, 0.717) is 26.3 Å². The fourth-order valence-corrected chi connectivity index (χ4v) is 8.99. The molecule has 2 N–H and O–H groups in total. The zero-order valence-corrected chi connectivity index (χ0v) is 17.9. The molecule has 0 bridgehead atoms. The Labute approximate surface area is 158 Å². The van der Waals surface area contributed by atoms with Gasteiger partial charge >= 0.3 is 0 Å². The third-order valence-electron chi connectivity index (χ3n) is 2.80. The van der Waals surface area contributed by atoms with E-state index < -0.39 is 0 Å². The van der Waals surface area contributed by atoms with Crippen molar-refractivity contribution in [2.75, 3.05) is 29.8 Å². The number of rotatable bonds is 7. The van der Waals surface area contributed by atoms with E-state index in [-0.39, 0.29) is 11.8 Å². The van der Waals surface area contributed by atoms with Gasteiger partial charge in [0, 0.05) is 55.8 Å². The molecule has 0 aromatic carbocycles. The molecule has 2 heterocycles. The van der Waals surface area contributed by atoms with Gasteiger partial charge in [-0.05, 0) is 0 Å². The van der Waals surface area contributed by atoms with Crippen LogP contribution < -0.4 is 10.6 Å². The molecule has 10 heteroatoms. The van der Waals surface area contributed by atoms with Crippen LogP contribution in [0, 0.1) is 0 Å². The summed E-state index contributed by atoms with van der Waals surface area (Å²) >= 11 is 7.16. The van der Waals surface area contributed by atoms with Crippen molar-refractivity contribution in [3.05, 3.63) is 20.6 Å². The van der Waals surface area contributed by atoms with Crippen LogP contribution in [0.4, 0.5) is 0 Å². The van der Waals surface area contributed by atoms with E-state index in [0.717, 1.165) is 27.8 Å². The van der Waals surface area contributed by atoms with Crippen LogP contribution in [0.2, 0.25) is 0 Å². The lowest BCUT2D eigenvalue weighted by molar-refractivity contribution is -0.120. The summed E-state index contributed by atoms with van der Waals surface area (Å²) in [6.07, 6.45) is 5.50. The summed E-state index contributed by atoms with van der Waals surface area (Å²) < 4.78 is 2.36. The number of hydrogen-bond acceptors (Lipinski definition) is 6. The second-order valence-corrected chi connectivity index (χ2v) is 11.9. The predicted octanol–water partition coefficient (Wildman–Crippen LogP) is 3.05. The van der Waals surface area contributed by atoms with Crippen molar-refractivity contribution in [3.8, 4) is 0 Å². The van der Waals surface area contributed by atoms with Crippen molar-refractivity contribution >= 4 is 76.7 Å². The quantitative estimate of drug-likeness (QED) is 0.482. The van der Waals surface area contributed by atoms with Crippen LogP contribution in [0.3, 0.4) is 0 Å². The fourth-order valence-electron chi connectivity index (χ4n) is 1.76. The highest BCUT2D eigenvalue weighted by atomic mass is 32.2. The topological polar surface area (TPSA) is 58.2 Å². The summed E-state index contributed by atoms with van der Waals surface area (Å²) in [6.45, 7) is 0. The van der Waals surface area contributed by atoms with E-state index in [1.165, 1.54) is 4.24 Å². The Morgan fingerprint density at radius 2 is 2.00 bits per heavy atom. The van der Waals surface area contributed by atoms with Gasteiger partial charge in [-0.2, -0.15) is 0 Å². The molecule has 2 amide bonds. The monoisotopic (exact) mass is 426 g/mol. The number of nitrogens with one attached hydrogen (secondary N) is 2. The first kappa shape index (κ1) is 20.0. The van der Waals surface area contributed by atoms with Crippen LogP contribution >= 0.6 is 64.9 Å². The molecule has 2 fully saturated rings. The van der Waals surface area contributed by atoms with Gasteiger partial charge in [0.1, 0.15) is 0 Å². The maximum absolute atomic E-state index is 11.8. The van der Waals surface area contributed by atoms with Gasteiger partial charge in [0.05, 0.1) is 0 Å². The van der Waals surface area contributed by atoms with Gasteiger partial charge in [-0.15, -0.1) is 56.3 Å². The smallest absolute Gasteiger partial charge is 0.245 e. The van der Waals surface area contributed by atoms with Gasteiger partial charge in [-0.1, -0.05) is 14.7 Å². The first-order valence-corrected chi connectivity index (χ1v) is 13.1. The van der Waals surface area contributed by atoms with Crippen molar-refractivity contribution < 1.29 is 9.59 Å². The molecule has 3 unspecified atom stereocenters. The normalized spacial score (nSPS) is 22.9. The van der Waals surface area contributed by atoms with Gasteiger partial charge in [0.2, 0.25) is 11.8 Å². The van der Waals surface area contributed by atoms with Crippen molar-refractivity contribution in [1.29, 1.82) is 0 Å². The molecule has 23 heavy (non-hydrogen) atoms. The van der Waals surface area contributed by atoms with E-state index in [9.17, 15) is 9.59 Å². The minimum absolute atomic E-state index is 0.0231. The Kier molecular flexibility index (Phi) is 9.85. The molecule has 3 atom stereocenters. The van der Waals surface area contributed by atoms with Crippen LogP contribution in [-0.2, 0) is 9.59 Å². The zero-order chi connectivity index (χ0) is 16.5. The average molecular weight is 427 g/mol. The molecule has 4 nitrogen and oxygen atoms in total. The second kappa shape index (κ2) is 11.3.